The molecular formula is C14H10Cl2O. The molecule has 0 spiro atoms. The highest BCUT2D eigenvalue weighted by Gasteiger charge is 2.10. The van der Waals surface area contributed by atoms with Crippen molar-refractivity contribution in [1.29, 1.82) is 0 Å². The van der Waals surface area contributed by atoms with E-state index in [0.717, 1.165) is 11.1 Å². The van der Waals surface area contributed by atoms with Gasteiger partial charge in [0.25, 0.3) is 0 Å². The van der Waals surface area contributed by atoms with Crippen molar-refractivity contribution in [2.45, 2.75) is 6.92 Å². The topological polar surface area (TPSA) is 17.1 Å². The van der Waals surface area contributed by atoms with Gasteiger partial charge in [0.15, 0.2) is 5.78 Å². The molecule has 0 radical (unpaired) electrons. The van der Waals surface area contributed by atoms with Gasteiger partial charge in [0.05, 0.1) is 0 Å². The molecule has 0 aliphatic heterocycles. The van der Waals surface area contributed by atoms with Gasteiger partial charge in [-0.3, -0.25) is 4.79 Å². The molecule has 3 heteroatoms. The van der Waals surface area contributed by atoms with Crippen molar-refractivity contribution in [2.24, 2.45) is 0 Å². The van der Waals surface area contributed by atoms with Crippen LogP contribution < -0.4 is 0 Å². The molecule has 2 aromatic rings. The van der Waals surface area contributed by atoms with Crippen molar-refractivity contribution in [3.8, 4) is 11.1 Å². The van der Waals surface area contributed by atoms with Crippen LogP contribution in [0.15, 0.2) is 42.5 Å². The SMILES string of the molecule is CC(=O)c1ccc(Cl)cc1-c1cccc(Cl)c1. The van der Waals surface area contributed by atoms with Gasteiger partial charge < -0.3 is 0 Å². The summed E-state index contributed by atoms with van der Waals surface area (Å²) in [7, 11) is 0. The maximum absolute atomic E-state index is 11.6. The summed E-state index contributed by atoms with van der Waals surface area (Å²) in [4.78, 5) is 11.6. The molecule has 86 valence electrons. The predicted octanol–water partition coefficient (Wildman–Crippen LogP) is 4.86. The van der Waals surface area contributed by atoms with Gasteiger partial charge >= 0.3 is 0 Å². The lowest BCUT2D eigenvalue weighted by Crippen LogP contribution is -1.95. The number of carbonyl (C=O) groups is 1. The van der Waals surface area contributed by atoms with Gasteiger partial charge in [-0.25, -0.2) is 0 Å². The zero-order valence-corrected chi connectivity index (χ0v) is 10.7. The van der Waals surface area contributed by atoms with Gasteiger partial charge in [0.1, 0.15) is 0 Å². The molecule has 0 aromatic heterocycles. The van der Waals surface area contributed by atoms with Crippen LogP contribution in [0.25, 0.3) is 11.1 Å². The summed E-state index contributed by atoms with van der Waals surface area (Å²) in [6.45, 7) is 1.54. The fourth-order valence-corrected chi connectivity index (χ4v) is 2.08. The zero-order valence-electron chi connectivity index (χ0n) is 9.21. The highest BCUT2D eigenvalue weighted by atomic mass is 35.5. The number of rotatable bonds is 2. The third-order valence-corrected chi connectivity index (χ3v) is 2.97. The fourth-order valence-electron chi connectivity index (χ4n) is 1.72. The summed E-state index contributed by atoms with van der Waals surface area (Å²) in [5.41, 5.74) is 2.36. The van der Waals surface area contributed by atoms with Gasteiger partial charge in [-0.05, 0) is 48.4 Å². The first-order valence-corrected chi connectivity index (χ1v) is 5.90. The van der Waals surface area contributed by atoms with E-state index >= 15 is 0 Å². The highest BCUT2D eigenvalue weighted by molar-refractivity contribution is 6.31. The van der Waals surface area contributed by atoms with E-state index in [1.165, 1.54) is 6.92 Å². The van der Waals surface area contributed by atoms with E-state index in [4.69, 9.17) is 23.2 Å². The standard InChI is InChI=1S/C14H10Cl2O/c1-9(17)13-6-5-12(16)8-14(13)10-3-2-4-11(15)7-10/h2-8H,1H3. The Morgan fingerprint density at radius 2 is 1.71 bits per heavy atom. The summed E-state index contributed by atoms with van der Waals surface area (Å²) < 4.78 is 0. The number of benzene rings is 2. The molecule has 0 heterocycles. The Bertz CT molecular complexity index is 576. The second-order valence-electron chi connectivity index (χ2n) is 3.76. The van der Waals surface area contributed by atoms with Crippen LogP contribution in [-0.2, 0) is 0 Å². The largest absolute Gasteiger partial charge is 0.294 e. The Labute approximate surface area is 110 Å². The van der Waals surface area contributed by atoms with Crippen LogP contribution >= 0.6 is 23.2 Å². The average Bonchev–Trinajstić information content (AvgIpc) is 2.28. The molecule has 2 rings (SSSR count). The Balaban J connectivity index is 2.65. The van der Waals surface area contributed by atoms with Crippen LogP contribution in [0.2, 0.25) is 10.0 Å². The number of carbonyl (C=O) groups excluding carboxylic acids is 1. The maximum Gasteiger partial charge on any atom is 0.160 e. The van der Waals surface area contributed by atoms with Gasteiger partial charge in [-0.15, -0.1) is 0 Å². The molecule has 0 fully saturated rings. The van der Waals surface area contributed by atoms with Gasteiger partial charge in [-0.1, -0.05) is 35.3 Å². The molecule has 0 atom stereocenters. The van der Waals surface area contributed by atoms with E-state index in [9.17, 15) is 4.79 Å². The summed E-state index contributed by atoms with van der Waals surface area (Å²) in [5.74, 6) is 0.0108. The molecule has 0 aliphatic carbocycles. The monoisotopic (exact) mass is 264 g/mol. The minimum atomic E-state index is 0.0108. The number of hydrogen-bond donors (Lipinski definition) is 0. The third-order valence-electron chi connectivity index (χ3n) is 2.50. The number of hydrogen-bond acceptors (Lipinski definition) is 1. The molecule has 0 saturated carbocycles. The molecule has 2 aromatic carbocycles. The molecule has 1 nitrogen and oxygen atoms in total. The number of ketones is 1. The lowest BCUT2D eigenvalue weighted by Gasteiger charge is -2.08. The Kier molecular flexibility index (Phi) is 3.51. The molecule has 0 N–H and O–H groups in total. The maximum atomic E-state index is 11.6. The van der Waals surface area contributed by atoms with Crippen molar-refractivity contribution < 1.29 is 4.79 Å². The molecule has 0 saturated heterocycles. The summed E-state index contributed by atoms with van der Waals surface area (Å²) in [6, 6.07) is 12.6. The Hall–Kier alpha value is -1.31. The van der Waals surface area contributed by atoms with Crippen molar-refractivity contribution in [3.63, 3.8) is 0 Å². The molecule has 17 heavy (non-hydrogen) atoms. The zero-order chi connectivity index (χ0) is 12.4. The van der Waals surface area contributed by atoms with Crippen molar-refractivity contribution in [1.82, 2.24) is 0 Å². The third kappa shape index (κ3) is 2.68. The summed E-state index contributed by atoms with van der Waals surface area (Å²) in [6.07, 6.45) is 0. The van der Waals surface area contributed by atoms with E-state index in [2.05, 4.69) is 0 Å². The van der Waals surface area contributed by atoms with Crippen LogP contribution in [0.5, 0.6) is 0 Å². The Morgan fingerprint density at radius 3 is 2.35 bits per heavy atom. The molecular weight excluding hydrogens is 255 g/mol. The first-order valence-electron chi connectivity index (χ1n) is 5.14. The van der Waals surface area contributed by atoms with E-state index in [1.807, 2.05) is 18.2 Å². The number of Topliss-reactive ketones (excluding diaryl/α,β-unsaturated/α-hetero) is 1. The van der Waals surface area contributed by atoms with E-state index in [-0.39, 0.29) is 5.78 Å². The minimum absolute atomic E-state index is 0.0108. The van der Waals surface area contributed by atoms with Crippen LogP contribution in [0.4, 0.5) is 0 Å². The van der Waals surface area contributed by atoms with Gasteiger partial charge in [0, 0.05) is 15.6 Å². The second-order valence-corrected chi connectivity index (χ2v) is 4.63. The summed E-state index contributed by atoms with van der Waals surface area (Å²) >= 11 is 11.9. The molecule has 0 aliphatic rings. The van der Waals surface area contributed by atoms with Gasteiger partial charge in [0.2, 0.25) is 0 Å². The lowest BCUT2D eigenvalue weighted by atomic mass is 9.98. The van der Waals surface area contributed by atoms with E-state index in [1.54, 1.807) is 24.3 Å². The second kappa shape index (κ2) is 4.91. The van der Waals surface area contributed by atoms with Crippen LogP contribution in [0.3, 0.4) is 0 Å². The predicted molar refractivity (Wildman–Crippen MR) is 71.9 cm³/mol. The quantitative estimate of drug-likeness (QED) is 0.708. The lowest BCUT2D eigenvalue weighted by molar-refractivity contribution is 0.101. The van der Waals surface area contributed by atoms with Crippen LogP contribution in [0.1, 0.15) is 17.3 Å². The van der Waals surface area contributed by atoms with Crippen molar-refractivity contribution in [3.05, 3.63) is 58.1 Å². The van der Waals surface area contributed by atoms with Crippen LogP contribution in [-0.4, -0.2) is 5.78 Å². The van der Waals surface area contributed by atoms with E-state index < -0.39 is 0 Å². The van der Waals surface area contributed by atoms with Crippen molar-refractivity contribution in [2.75, 3.05) is 0 Å². The van der Waals surface area contributed by atoms with Crippen molar-refractivity contribution >= 4 is 29.0 Å². The summed E-state index contributed by atoms with van der Waals surface area (Å²) in [5, 5.41) is 1.24. The van der Waals surface area contributed by atoms with E-state index in [0.29, 0.717) is 15.6 Å². The molecule has 0 bridgehead atoms. The molecule has 0 unspecified atom stereocenters. The van der Waals surface area contributed by atoms with Gasteiger partial charge in [-0.2, -0.15) is 0 Å². The highest BCUT2D eigenvalue weighted by Crippen LogP contribution is 2.29. The average molecular weight is 265 g/mol. The molecule has 0 amide bonds. The fraction of sp³-hybridized carbons (Fsp3) is 0.0714. The normalized spacial score (nSPS) is 10.3. The first-order chi connectivity index (χ1) is 8.08. The smallest absolute Gasteiger partial charge is 0.160 e. The number of halogens is 2. The first kappa shape index (κ1) is 12.2. The Morgan fingerprint density at radius 1 is 1.00 bits per heavy atom. The van der Waals surface area contributed by atoms with Crippen LogP contribution in [0, 0.1) is 0 Å². The minimum Gasteiger partial charge on any atom is -0.294 e.